The summed E-state index contributed by atoms with van der Waals surface area (Å²) in [4.78, 5) is 11.8. The van der Waals surface area contributed by atoms with Crippen LogP contribution in [0.2, 0.25) is 0 Å². The monoisotopic (exact) mass is 354 g/mol. The summed E-state index contributed by atoms with van der Waals surface area (Å²) in [6.45, 7) is 3.94. The van der Waals surface area contributed by atoms with E-state index >= 15 is 0 Å². The topological polar surface area (TPSA) is 55.1 Å². The van der Waals surface area contributed by atoms with Crippen LogP contribution in [0.3, 0.4) is 0 Å². The van der Waals surface area contributed by atoms with Gasteiger partial charge in [-0.15, -0.1) is 0 Å². The van der Waals surface area contributed by atoms with Gasteiger partial charge in [0.1, 0.15) is 0 Å². The summed E-state index contributed by atoms with van der Waals surface area (Å²) < 4.78 is 0. The molecule has 25 heavy (non-hydrogen) atoms. The summed E-state index contributed by atoms with van der Waals surface area (Å²) in [6, 6.07) is 0. The fourth-order valence-electron chi connectivity index (χ4n) is 3.24. The third kappa shape index (κ3) is 21.4. The van der Waals surface area contributed by atoms with Crippen LogP contribution in [0.1, 0.15) is 122 Å². The van der Waals surface area contributed by atoms with Crippen molar-refractivity contribution in [2.75, 3.05) is 13.1 Å². The van der Waals surface area contributed by atoms with E-state index in [9.17, 15) is 4.79 Å². The van der Waals surface area contributed by atoms with Gasteiger partial charge in [0.25, 0.3) is 0 Å². The molecule has 3 N–H and O–H groups in total. The molecule has 0 spiro atoms. The first-order chi connectivity index (χ1) is 12.3. The summed E-state index contributed by atoms with van der Waals surface area (Å²) in [6.07, 6.45) is 22.7. The molecule has 0 radical (unpaired) electrons. The number of hydrogen-bond acceptors (Lipinski definition) is 2. The molecule has 0 aromatic heterocycles. The first-order valence-corrected chi connectivity index (χ1v) is 11.3. The highest BCUT2D eigenvalue weighted by Gasteiger charge is 2.00. The Morgan fingerprint density at radius 1 is 0.640 bits per heavy atom. The maximum absolute atomic E-state index is 11.8. The second kappa shape index (κ2) is 21.5. The molecule has 0 rings (SSSR count). The number of carbonyl (C=O) groups is 1. The van der Waals surface area contributed by atoms with Gasteiger partial charge in [0.15, 0.2) is 0 Å². The van der Waals surface area contributed by atoms with Crippen molar-refractivity contribution in [1.29, 1.82) is 0 Å². The molecule has 1 amide bonds. The lowest BCUT2D eigenvalue weighted by Crippen LogP contribution is -2.23. The predicted molar refractivity (Wildman–Crippen MR) is 111 cm³/mol. The lowest BCUT2D eigenvalue weighted by molar-refractivity contribution is -0.121. The minimum absolute atomic E-state index is 0.249. The number of nitrogens with two attached hydrogens (primary N) is 1. The Labute approximate surface area is 157 Å². The van der Waals surface area contributed by atoms with Crippen molar-refractivity contribution in [2.45, 2.75) is 122 Å². The van der Waals surface area contributed by atoms with E-state index in [4.69, 9.17) is 5.73 Å². The average molecular weight is 355 g/mol. The van der Waals surface area contributed by atoms with Crippen molar-refractivity contribution in [3.05, 3.63) is 0 Å². The zero-order chi connectivity index (χ0) is 18.4. The van der Waals surface area contributed by atoms with E-state index in [1.54, 1.807) is 0 Å². The van der Waals surface area contributed by atoms with Gasteiger partial charge in [-0.05, 0) is 25.8 Å². The Kier molecular flexibility index (Phi) is 21.0. The smallest absolute Gasteiger partial charge is 0.219 e. The number of nitrogens with one attached hydrogen (secondary N) is 1. The minimum atomic E-state index is 0.249. The second-order valence-electron chi connectivity index (χ2n) is 7.55. The fraction of sp³-hybridized carbons (Fsp3) is 0.955. The first-order valence-electron chi connectivity index (χ1n) is 11.3. The molecule has 150 valence electrons. The van der Waals surface area contributed by atoms with Gasteiger partial charge < -0.3 is 11.1 Å². The standard InChI is InChI=1S/C22H46N2O/c1-2-3-4-5-6-7-8-9-10-13-16-19-22(25)24-21-18-15-12-11-14-17-20-23/h2-21,23H2,1H3,(H,24,25). The molecular formula is C22H46N2O. The SMILES string of the molecule is CCCCCCCCCCCCCC(=O)NCCCCCCCCN. The highest BCUT2D eigenvalue weighted by Crippen LogP contribution is 2.12. The molecule has 0 bridgehead atoms. The summed E-state index contributed by atoms with van der Waals surface area (Å²) >= 11 is 0. The van der Waals surface area contributed by atoms with E-state index in [-0.39, 0.29) is 5.91 Å². The van der Waals surface area contributed by atoms with E-state index in [2.05, 4.69) is 12.2 Å². The van der Waals surface area contributed by atoms with Crippen molar-refractivity contribution in [1.82, 2.24) is 5.32 Å². The summed E-state index contributed by atoms with van der Waals surface area (Å²) in [5.74, 6) is 0.249. The molecule has 0 aromatic rings. The highest BCUT2D eigenvalue weighted by molar-refractivity contribution is 5.75. The van der Waals surface area contributed by atoms with Crippen LogP contribution in [0.15, 0.2) is 0 Å². The third-order valence-corrected chi connectivity index (χ3v) is 4.96. The van der Waals surface area contributed by atoms with Gasteiger partial charge in [-0.25, -0.2) is 0 Å². The third-order valence-electron chi connectivity index (χ3n) is 4.96. The van der Waals surface area contributed by atoms with Gasteiger partial charge >= 0.3 is 0 Å². The Balaban J connectivity index is 3.13. The largest absolute Gasteiger partial charge is 0.356 e. The minimum Gasteiger partial charge on any atom is -0.356 e. The van der Waals surface area contributed by atoms with Gasteiger partial charge in [0, 0.05) is 13.0 Å². The Morgan fingerprint density at radius 3 is 1.60 bits per heavy atom. The van der Waals surface area contributed by atoms with Gasteiger partial charge in [-0.1, -0.05) is 96.8 Å². The van der Waals surface area contributed by atoms with E-state index in [0.717, 1.165) is 32.4 Å². The van der Waals surface area contributed by atoms with Crippen LogP contribution in [-0.2, 0) is 4.79 Å². The molecule has 0 saturated heterocycles. The summed E-state index contributed by atoms with van der Waals surface area (Å²) in [7, 11) is 0. The van der Waals surface area contributed by atoms with Crippen LogP contribution < -0.4 is 11.1 Å². The maximum Gasteiger partial charge on any atom is 0.219 e. The zero-order valence-corrected chi connectivity index (χ0v) is 17.1. The number of amides is 1. The number of unbranched alkanes of at least 4 members (excludes halogenated alkanes) is 15. The molecule has 0 aliphatic rings. The normalized spacial score (nSPS) is 11.0. The van der Waals surface area contributed by atoms with Gasteiger partial charge in [-0.3, -0.25) is 4.79 Å². The fourth-order valence-corrected chi connectivity index (χ4v) is 3.24. The molecule has 0 saturated carbocycles. The number of hydrogen-bond donors (Lipinski definition) is 2. The average Bonchev–Trinajstić information content (AvgIpc) is 2.62. The number of carbonyl (C=O) groups excluding carboxylic acids is 1. The molecule has 0 heterocycles. The molecule has 0 aliphatic heterocycles. The Hall–Kier alpha value is -0.570. The van der Waals surface area contributed by atoms with E-state index in [0.29, 0.717) is 6.42 Å². The predicted octanol–water partition coefficient (Wildman–Crippen LogP) is 6.10. The van der Waals surface area contributed by atoms with Gasteiger partial charge in [-0.2, -0.15) is 0 Å². The van der Waals surface area contributed by atoms with Crippen LogP contribution in [0.4, 0.5) is 0 Å². The Morgan fingerprint density at radius 2 is 1.08 bits per heavy atom. The first kappa shape index (κ1) is 24.4. The summed E-state index contributed by atoms with van der Waals surface area (Å²) in [5.41, 5.74) is 5.48. The molecular weight excluding hydrogens is 308 g/mol. The maximum atomic E-state index is 11.8. The van der Waals surface area contributed by atoms with Crippen molar-refractivity contribution in [2.24, 2.45) is 5.73 Å². The van der Waals surface area contributed by atoms with Crippen molar-refractivity contribution in [3.8, 4) is 0 Å². The van der Waals surface area contributed by atoms with Crippen LogP contribution in [0, 0.1) is 0 Å². The molecule has 0 fully saturated rings. The lowest BCUT2D eigenvalue weighted by atomic mass is 10.1. The van der Waals surface area contributed by atoms with Crippen molar-refractivity contribution >= 4 is 5.91 Å². The van der Waals surface area contributed by atoms with E-state index < -0.39 is 0 Å². The van der Waals surface area contributed by atoms with E-state index in [1.807, 2.05) is 0 Å². The molecule has 0 unspecified atom stereocenters. The van der Waals surface area contributed by atoms with E-state index in [1.165, 1.54) is 89.9 Å². The van der Waals surface area contributed by atoms with Gasteiger partial charge in [0.05, 0.1) is 0 Å². The van der Waals surface area contributed by atoms with Crippen molar-refractivity contribution < 1.29 is 4.79 Å². The molecule has 3 nitrogen and oxygen atoms in total. The lowest BCUT2D eigenvalue weighted by Gasteiger charge is -2.06. The van der Waals surface area contributed by atoms with Crippen LogP contribution in [0.25, 0.3) is 0 Å². The highest BCUT2D eigenvalue weighted by atomic mass is 16.1. The molecule has 0 aromatic carbocycles. The number of rotatable bonds is 20. The molecule has 3 heteroatoms. The zero-order valence-electron chi connectivity index (χ0n) is 17.1. The van der Waals surface area contributed by atoms with Crippen molar-refractivity contribution in [3.63, 3.8) is 0 Å². The molecule has 0 atom stereocenters. The Bertz CT molecular complexity index is 269. The second-order valence-corrected chi connectivity index (χ2v) is 7.55. The van der Waals surface area contributed by atoms with Crippen LogP contribution in [-0.4, -0.2) is 19.0 Å². The quantitative estimate of drug-likeness (QED) is 0.259. The van der Waals surface area contributed by atoms with Crippen LogP contribution in [0.5, 0.6) is 0 Å². The van der Waals surface area contributed by atoms with Gasteiger partial charge in [0.2, 0.25) is 5.91 Å². The molecule has 0 aliphatic carbocycles. The van der Waals surface area contributed by atoms with Crippen LogP contribution >= 0.6 is 0 Å². The summed E-state index contributed by atoms with van der Waals surface area (Å²) in [5, 5.41) is 3.06.